The van der Waals surface area contributed by atoms with Crippen LogP contribution in [0.1, 0.15) is 18.4 Å². The number of piperidine rings is 1. The summed E-state index contributed by atoms with van der Waals surface area (Å²) in [6, 6.07) is 17.5. The molecule has 0 saturated carbocycles. The molecule has 3 rings (SSSR count). The molecule has 0 bridgehead atoms. The van der Waals surface area contributed by atoms with E-state index in [1.54, 1.807) is 0 Å². The largest absolute Gasteiger partial charge is 0.489 e. The van der Waals surface area contributed by atoms with Gasteiger partial charge in [0, 0.05) is 6.54 Å². The van der Waals surface area contributed by atoms with Crippen LogP contribution in [-0.2, 0) is 4.79 Å². The van der Waals surface area contributed by atoms with Crippen LogP contribution in [0.4, 0.5) is 0 Å². The minimum absolute atomic E-state index is 0.0111. The van der Waals surface area contributed by atoms with E-state index < -0.39 is 0 Å². The SMILES string of the molecule is Cc1ccc(OCC(=O)N2CCCC(Oc3ccccc3)C2)cc1. The van der Waals surface area contributed by atoms with Crippen LogP contribution in [0.2, 0.25) is 0 Å². The van der Waals surface area contributed by atoms with Gasteiger partial charge >= 0.3 is 0 Å². The third-order valence-electron chi connectivity index (χ3n) is 4.16. The molecule has 0 N–H and O–H groups in total. The lowest BCUT2D eigenvalue weighted by molar-refractivity contribution is -0.136. The molecule has 0 radical (unpaired) electrons. The van der Waals surface area contributed by atoms with E-state index in [0.29, 0.717) is 6.54 Å². The minimum atomic E-state index is 0.0111. The zero-order valence-corrected chi connectivity index (χ0v) is 14.0. The van der Waals surface area contributed by atoms with Crippen LogP contribution >= 0.6 is 0 Å². The average Bonchev–Trinajstić information content (AvgIpc) is 2.62. The molecule has 1 aliphatic heterocycles. The Morgan fingerprint density at radius 1 is 1.08 bits per heavy atom. The molecule has 4 heteroatoms. The van der Waals surface area contributed by atoms with Crippen molar-refractivity contribution in [3.8, 4) is 11.5 Å². The maximum absolute atomic E-state index is 12.4. The highest BCUT2D eigenvalue weighted by Gasteiger charge is 2.25. The number of benzene rings is 2. The first-order valence-electron chi connectivity index (χ1n) is 8.39. The Labute approximate surface area is 143 Å². The fourth-order valence-corrected chi connectivity index (χ4v) is 2.82. The van der Waals surface area contributed by atoms with Gasteiger partial charge in [-0.2, -0.15) is 0 Å². The molecule has 1 atom stereocenters. The van der Waals surface area contributed by atoms with Crippen molar-refractivity contribution in [2.45, 2.75) is 25.9 Å². The maximum Gasteiger partial charge on any atom is 0.260 e. The Morgan fingerprint density at radius 2 is 1.83 bits per heavy atom. The summed E-state index contributed by atoms with van der Waals surface area (Å²) in [4.78, 5) is 14.2. The number of carbonyl (C=O) groups is 1. The van der Waals surface area contributed by atoms with Crippen LogP contribution in [0.25, 0.3) is 0 Å². The molecule has 1 amide bonds. The van der Waals surface area contributed by atoms with Gasteiger partial charge in [-0.25, -0.2) is 0 Å². The molecule has 1 heterocycles. The summed E-state index contributed by atoms with van der Waals surface area (Å²) in [5.41, 5.74) is 1.17. The van der Waals surface area contributed by atoms with Gasteiger partial charge in [0.15, 0.2) is 6.61 Å². The third kappa shape index (κ3) is 4.51. The van der Waals surface area contributed by atoms with Crippen LogP contribution in [0.15, 0.2) is 54.6 Å². The number of nitrogens with zero attached hydrogens (tertiary/aromatic N) is 1. The van der Waals surface area contributed by atoms with E-state index >= 15 is 0 Å². The maximum atomic E-state index is 12.4. The summed E-state index contributed by atoms with van der Waals surface area (Å²) >= 11 is 0. The Balaban J connectivity index is 1.50. The van der Waals surface area contributed by atoms with E-state index in [0.717, 1.165) is 30.9 Å². The second kappa shape index (κ2) is 7.86. The predicted molar refractivity (Wildman–Crippen MR) is 93.3 cm³/mol. The Morgan fingerprint density at radius 3 is 2.58 bits per heavy atom. The molecule has 2 aromatic rings. The van der Waals surface area contributed by atoms with E-state index in [-0.39, 0.29) is 18.6 Å². The van der Waals surface area contributed by atoms with Gasteiger partial charge in [0.05, 0.1) is 6.54 Å². The number of aryl methyl sites for hydroxylation is 1. The van der Waals surface area contributed by atoms with E-state index in [1.165, 1.54) is 5.56 Å². The Hall–Kier alpha value is -2.49. The van der Waals surface area contributed by atoms with Gasteiger partial charge in [-0.15, -0.1) is 0 Å². The highest BCUT2D eigenvalue weighted by Crippen LogP contribution is 2.18. The summed E-state index contributed by atoms with van der Waals surface area (Å²) in [7, 11) is 0. The van der Waals surface area contributed by atoms with Gasteiger partial charge in [0.2, 0.25) is 0 Å². The van der Waals surface area contributed by atoms with E-state index in [9.17, 15) is 4.79 Å². The molecule has 1 fully saturated rings. The molecule has 1 saturated heterocycles. The van der Waals surface area contributed by atoms with Crippen molar-refractivity contribution in [1.29, 1.82) is 0 Å². The van der Waals surface area contributed by atoms with Crippen LogP contribution in [0.3, 0.4) is 0 Å². The first kappa shape index (κ1) is 16.4. The number of hydrogen-bond donors (Lipinski definition) is 0. The molecule has 24 heavy (non-hydrogen) atoms. The van der Waals surface area contributed by atoms with E-state index in [1.807, 2.05) is 66.4 Å². The fourth-order valence-electron chi connectivity index (χ4n) is 2.82. The summed E-state index contributed by atoms with van der Waals surface area (Å²) in [6.07, 6.45) is 1.97. The molecule has 1 aliphatic rings. The number of rotatable bonds is 5. The standard InChI is InChI=1S/C20H23NO3/c1-16-9-11-17(12-10-16)23-15-20(22)21-13-5-8-19(14-21)24-18-6-3-2-4-7-18/h2-4,6-7,9-12,19H,5,8,13-15H2,1H3. The second-order valence-corrected chi connectivity index (χ2v) is 6.14. The minimum Gasteiger partial charge on any atom is -0.489 e. The number of hydrogen-bond acceptors (Lipinski definition) is 3. The summed E-state index contributed by atoms with van der Waals surface area (Å²) in [6.45, 7) is 3.48. The van der Waals surface area contributed by atoms with Crippen molar-refractivity contribution in [1.82, 2.24) is 4.90 Å². The first-order valence-corrected chi connectivity index (χ1v) is 8.39. The highest BCUT2D eigenvalue weighted by molar-refractivity contribution is 5.77. The molecule has 126 valence electrons. The predicted octanol–water partition coefficient (Wildman–Crippen LogP) is 3.44. The Bertz CT molecular complexity index is 654. The van der Waals surface area contributed by atoms with E-state index in [4.69, 9.17) is 9.47 Å². The highest BCUT2D eigenvalue weighted by atomic mass is 16.5. The second-order valence-electron chi connectivity index (χ2n) is 6.14. The molecule has 0 aromatic heterocycles. The smallest absolute Gasteiger partial charge is 0.260 e. The number of ether oxygens (including phenoxy) is 2. The van der Waals surface area contributed by atoms with Crippen molar-refractivity contribution in [3.63, 3.8) is 0 Å². The van der Waals surface area contributed by atoms with Crippen molar-refractivity contribution in [2.24, 2.45) is 0 Å². The van der Waals surface area contributed by atoms with Gasteiger partial charge in [-0.1, -0.05) is 35.9 Å². The number of likely N-dealkylation sites (tertiary alicyclic amines) is 1. The van der Waals surface area contributed by atoms with Crippen LogP contribution in [0, 0.1) is 6.92 Å². The lowest BCUT2D eigenvalue weighted by atomic mass is 10.1. The molecule has 0 spiro atoms. The topological polar surface area (TPSA) is 38.8 Å². The summed E-state index contributed by atoms with van der Waals surface area (Å²) in [5, 5.41) is 0. The number of para-hydroxylation sites is 1. The number of carbonyl (C=O) groups excluding carboxylic acids is 1. The normalized spacial score (nSPS) is 17.4. The monoisotopic (exact) mass is 325 g/mol. The Kier molecular flexibility index (Phi) is 5.36. The van der Waals surface area contributed by atoms with Crippen molar-refractivity contribution >= 4 is 5.91 Å². The quantitative estimate of drug-likeness (QED) is 0.845. The van der Waals surface area contributed by atoms with E-state index in [2.05, 4.69) is 0 Å². The molecular weight excluding hydrogens is 302 g/mol. The molecule has 4 nitrogen and oxygen atoms in total. The lowest BCUT2D eigenvalue weighted by Crippen LogP contribution is -2.46. The fraction of sp³-hybridized carbons (Fsp3) is 0.350. The van der Waals surface area contributed by atoms with Crippen molar-refractivity contribution in [3.05, 3.63) is 60.2 Å². The van der Waals surface area contributed by atoms with Crippen LogP contribution < -0.4 is 9.47 Å². The summed E-state index contributed by atoms with van der Waals surface area (Å²) in [5.74, 6) is 1.59. The number of amides is 1. The lowest BCUT2D eigenvalue weighted by Gasteiger charge is -2.32. The molecule has 0 aliphatic carbocycles. The third-order valence-corrected chi connectivity index (χ3v) is 4.16. The first-order chi connectivity index (χ1) is 11.7. The van der Waals surface area contributed by atoms with Gasteiger partial charge < -0.3 is 14.4 Å². The molecule has 1 unspecified atom stereocenters. The van der Waals surface area contributed by atoms with Gasteiger partial charge in [-0.05, 0) is 44.0 Å². The zero-order valence-electron chi connectivity index (χ0n) is 14.0. The van der Waals surface area contributed by atoms with Crippen LogP contribution in [-0.4, -0.2) is 36.6 Å². The van der Waals surface area contributed by atoms with Crippen molar-refractivity contribution < 1.29 is 14.3 Å². The van der Waals surface area contributed by atoms with Gasteiger partial charge in [-0.3, -0.25) is 4.79 Å². The molecule has 2 aromatic carbocycles. The van der Waals surface area contributed by atoms with Gasteiger partial charge in [0.25, 0.3) is 5.91 Å². The van der Waals surface area contributed by atoms with Gasteiger partial charge in [0.1, 0.15) is 17.6 Å². The molecular formula is C20H23NO3. The summed E-state index contributed by atoms with van der Waals surface area (Å²) < 4.78 is 11.6. The van der Waals surface area contributed by atoms with Crippen molar-refractivity contribution in [2.75, 3.05) is 19.7 Å². The zero-order chi connectivity index (χ0) is 16.8. The van der Waals surface area contributed by atoms with Crippen LogP contribution in [0.5, 0.6) is 11.5 Å². The average molecular weight is 325 g/mol.